The van der Waals surface area contributed by atoms with Gasteiger partial charge in [0, 0.05) is 18.7 Å². The smallest absolute Gasteiger partial charge is 0.122 e. The van der Waals surface area contributed by atoms with Crippen LogP contribution in [-0.2, 0) is 6.54 Å². The van der Waals surface area contributed by atoms with Crippen molar-refractivity contribution in [3.8, 4) is 5.75 Å². The summed E-state index contributed by atoms with van der Waals surface area (Å²) in [6.45, 7) is 3.78. The molecular weight excluding hydrogens is 264 g/mol. The molecule has 5 heteroatoms. The van der Waals surface area contributed by atoms with E-state index in [9.17, 15) is 0 Å². The molecule has 0 amide bonds. The van der Waals surface area contributed by atoms with E-state index in [1.807, 2.05) is 23.0 Å². The Bertz CT molecular complexity index is 595. The van der Waals surface area contributed by atoms with Gasteiger partial charge < -0.3 is 4.74 Å². The van der Waals surface area contributed by atoms with E-state index in [1.165, 1.54) is 5.56 Å². The Hall–Kier alpha value is -1.85. The van der Waals surface area contributed by atoms with Crippen molar-refractivity contribution in [2.45, 2.75) is 38.3 Å². The van der Waals surface area contributed by atoms with Crippen molar-refractivity contribution in [3.63, 3.8) is 0 Å². The molecule has 0 aliphatic carbocycles. The van der Waals surface area contributed by atoms with Crippen LogP contribution in [-0.4, -0.2) is 16.4 Å². The lowest BCUT2D eigenvalue weighted by molar-refractivity contribution is 0.242. The summed E-state index contributed by atoms with van der Waals surface area (Å²) < 4.78 is 7.80. The molecule has 0 radical (unpaired) electrons. The Labute approximate surface area is 125 Å². The second-order valence-electron chi connectivity index (χ2n) is 5.41. The van der Waals surface area contributed by atoms with Crippen molar-refractivity contribution in [3.05, 3.63) is 47.8 Å². The molecule has 1 aliphatic rings. The van der Waals surface area contributed by atoms with Gasteiger partial charge in [0.2, 0.25) is 0 Å². The maximum atomic E-state index is 5.89. The van der Waals surface area contributed by atoms with Crippen molar-refractivity contribution in [2.75, 3.05) is 6.61 Å². The van der Waals surface area contributed by atoms with Gasteiger partial charge in [0.25, 0.3) is 0 Å². The van der Waals surface area contributed by atoms with Crippen LogP contribution in [0.3, 0.4) is 0 Å². The number of hydrazine groups is 1. The summed E-state index contributed by atoms with van der Waals surface area (Å²) in [7, 11) is 0. The molecule has 2 heterocycles. The van der Waals surface area contributed by atoms with Gasteiger partial charge >= 0.3 is 0 Å². The fourth-order valence-corrected chi connectivity index (χ4v) is 3.13. The summed E-state index contributed by atoms with van der Waals surface area (Å²) in [4.78, 5) is 0. The molecule has 21 heavy (non-hydrogen) atoms. The molecule has 0 saturated heterocycles. The normalized spacial score (nSPS) is 18.9. The average Bonchev–Trinajstić information content (AvgIpc) is 2.97. The van der Waals surface area contributed by atoms with Crippen LogP contribution < -0.4 is 16.0 Å². The van der Waals surface area contributed by atoms with Crippen LogP contribution in [0.15, 0.2) is 36.5 Å². The number of hydrogen-bond acceptors (Lipinski definition) is 4. The highest BCUT2D eigenvalue weighted by molar-refractivity contribution is 5.39. The number of nitrogens with two attached hydrogens (primary N) is 1. The number of para-hydroxylation sites is 1. The van der Waals surface area contributed by atoms with E-state index in [-0.39, 0.29) is 6.04 Å². The van der Waals surface area contributed by atoms with Gasteiger partial charge in [-0.15, -0.1) is 0 Å². The first-order valence-electron chi connectivity index (χ1n) is 7.54. The first-order valence-corrected chi connectivity index (χ1v) is 7.54. The second kappa shape index (κ2) is 6.28. The average molecular weight is 286 g/mol. The summed E-state index contributed by atoms with van der Waals surface area (Å²) >= 11 is 0. The predicted molar refractivity (Wildman–Crippen MR) is 81.9 cm³/mol. The van der Waals surface area contributed by atoms with E-state index in [0.29, 0.717) is 5.92 Å². The lowest BCUT2D eigenvalue weighted by Gasteiger charge is -2.32. The van der Waals surface area contributed by atoms with Gasteiger partial charge in [-0.1, -0.05) is 25.1 Å². The van der Waals surface area contributed by atoms with Crippen molar-refractivity contribution in [1.82, 2.24) is 15.2 Å². The highest BCUT2D eigenvalue weighted by Gasteiger charge is 2.31. The number of hydrogen-bond donors (Lipinski definition) is 2. The zero-order chi connectivity index (χ0) is 14.7. The minimum atomic E-state index is 0.0455. The van der Waals surface area contributed by atoms with Crippen LogP contribution in [0.1, 0.15) is 43.0 Å². The second-order valence-corrected chi connectivity index (χ2v) is 5.41. The maximum Gasteiger partial charge on any atom is 0.122 e. The van der Waals surface area contributed by atoms with E-state index >= 15 is 0 Å². The summed E-state index contributed by atoms with van der Waals surface area (Å²) in [6.07, 6.45) is 3.85. The number of aromatic nitrogens is 2. The molecule has 1 aromatic heterocycles. The molecule has 3 rings (SSSR count). The monoisotopic (exact) mass is 286 g/mol. The lowest BCUT2D eigenvalue weighted by atomic mass is 9.85. The molecule has 0 saturated carbocycles. The minimum absolute atomic E-state index is 0.0455. The molecule has 2 aromatic rings. The van der Waals surface area contributed by atoms with Crippen molar-refractivity contribution in [1.29, 1.82) is 0 Å². The van der Waals surface area contributed by atoms with Crippen molar-refractivity contribution >= 4 is 0 Å². The third-order valence-corrected chi connectivity index (χ3v) is 4.09. The number of ether oxygens (including phenoxy) is 1. The molecule has 1 aliphatic heterocycles. The molecule has 0 fully saturated rings. The Morgan fingerprint density at radius 3 is 3.10 bits per heavy atom. The number of aryl methyl sites for hydroxylation is 1. The van der Waals surface area contributed by atoms with E-state index in [1.54, 1.807) is 0 Å². The molecule has 2 atom stereocenters. The number of nitrogens with zero attached hydrogens (tertiary/aromatic N) is 2. The molecule has 2 unspecified atom stereocenters. The number of rotatable bonds is 5. The van der Waals surface area contributed by atoms with E-state index < -0.39 is 0 Å². The predicted octanol–water partition coefficient (Wildman–Crippen LogP) is 2.36. The first kappa shape index (κ1) is 14.1. The zero-order valence-corrected chi connectivity index (χ0v) is 12.3. The van der Waals surface area contributed by atoms with E-state index in [2.05, 4.69) is 35.6 Å². The zero-order valence-electron chi connectivity index (χ0n) is 12.3. The highest BCUT2D eigenvalue weighted by Crippen LogP contribution is 2.40. The fraction of sp³-hybridized carbons (Fsp3) is 0.438. The van der Waals surface area contributed by atoms with Gasteiger partial charge in [-0.25, -0.2) is 0 Å². The standard InChI is InChI=1S/C16H22N4O/c1-2-10-20-14(7-9-18-20)16(19-17)13-8-11-21-15-6-4-3-5-12(13)15/h3-7,9,13,16,19H,2,8,10-11,17H2,1H3. The molecule has 112 valence electrons. The minimum Gasteiger partial charge on any atom is -0.493 e. The summed E-state index contributed by atoms with van der Waals surface area (Å²) in [6, 6.07) is 10.3. The number of fused-ring (bicyclic) bond motifs is 1. The molecule has 0 spiro atoms. The van der Waals surface area contributed by atoms with Crippen LogP contribution in [0, 0.1) is 0 Å². The molecule has 3 N–H and O–H groups in total. The lowest BCUT2D eigenvalue weighted by Crippen LogP contribution is -2.36. The van der Waals surface area contributed by atoms with Crippen molar-refractivity contribution < 1.29 is 4.74 Å². The fourth-order valence-electron chi connectivity index (χ4n) is 3.13. The Morgan fingerprint density at radius 2 is 2.29 bits per heavy atom. The SMILES string of the molecule is CCCn1nccc1C(NN)C1CCOc2ccccc21. The third-order valence-electron chi connectivity index (χ3n) is 4.09. The molecule has 1 aromatic carbocycles. The summed E-state index contributed by atoms with van der Waals surface area (Å²) in [5, 5.41) is 4.42. The van der Waals surface area contributed by atoms with E-state index in [0.717, 1.165) is 37.4 Å². The Balaban J connectivity index is 1.96. The summed E-state index contributed by atoms with van der Waals surface area (Å²) in [5.74, 6) is 7.15. The molecular formula is C16H22N4O. The van der Waals surface area contributed by atoms with Gasteiger partial charge in [0.1, 0.15) is 5.75 Å². The van der Waals surface area contributed by atoms with Crippen LogP contribution >= 0.6 is 0 Å². The first-order chi connectivity index (χ1) is 10.3. The topological polar surface area (TPSA) is 65.1 Å². The number of benzene rings is 1. The Kier molecular flexibility index (Phi) is 4.22. The number of nitrogens with one attached hydrogen (secondary N) is 1. The third kappa shape index (κ3) is 2.66. The molecule has 0 bridgehead atoms. The van der Waals surface area contributed by atoms with Crippen LogP contribution in [0.5, 0.6) is 5.75 Å². The largest absolute Gasteiger partial charge is 0.493 e. The van der Waals surface area contributed by atoms with Crippen LogP contribution in [0.2, 0.25) is 0 Å². The maximum absolute atomic E-state index is 5.89. The van der Waals surface area contributed by atoms with Gasteiger partial charge in [-0.2, -0.15) is 5.10 Å². The highest BCUT2D eigenvalue weighted by atomic mass is 16.5. The van der Waals surface area contributed by atoms with Gasteiger partial charge in [-0.3, -0.25) is 16.0 Å². The van der Waals surface area contributed by atoms with Gasteiger partial charge in [0.05, 0.1) is 18.3 Å². The molecule has 5 nitrogen and oxygen atoms in total. The van der Waals surface area contributed by atoms with Crippen LogP contribution in [0.4, 0.5) is 0 Å². The van der Waals surface area contributed by atoms with Gasteiger partial charge in [0.15, 0.2) is 0 Å². The van der Waals surface area contributed by atoms with Crippen LogP contribution in [0.25, 0.3) is 0 Å². The quantitative estimate of drug-likeness (QED) is 0.654. The van der Waals surface area contributed by atoms with Crippen molar-refractivity contribution in [2.24, 2.45) is 5.84 Å². The Morgan fingerprint density at radius 1 is 1.43 bits per heavy atom. The summed E-state index contributed by atoms with van der Waals surface area (Å²) in [5.41, 5.74) is 5.36. The van der Waals surface area contributed by atoms with Gasteiger partial charge in [-0.05, 0) is 30.5 Å². The van der Waals surface area contributed by atoms with E-state index in [4.69, 9.17) is 10.6 Å².